The molecule has 152 valence electrons. The summed E-state index contributed by atoms with van der Waals surface area (Å²) in [6.45, 7) is 14.8. The Labute approximate surface area is 160 Å². The summed E-state index contributed by atoms with van der Waals surface area (Å²) >= 11 is 0. The molecule has 0 aliphatic heterocycles. The topological polar surface area (TPSA) is 27.7 Å². The van der Waals surface area contributed by atoms with E-state index in [2.05, 4.69) is 40.0 Å². The average molecular weight is 391 g/mol. The summed E-state index contributed by atoms with van der Waals surface area (Å²) in [5.74, 6) is 0. The van der Waals surface area contributed by atoms with E-state index in [4.69, 9.17) is 13.0 Å². The third-order valence-corrected chi connectivity index (χ3v) is 10.1. The van der Waals surface area contributed by atoms with Gasteiger partial charge in [-0.3, -0.25) is 0 Å². The first-order chi connectivity index (χ1) is 11.8. The maximum absolute atomic E-state index is 6.35. The Bertz CT molecular complexity index is 269. The van der Waals surface area contributed by atoms with Crippen LogP contribution in [0.2, 0.25) is 26.2 Å². The van der Waals surface area contributed by atoms with E-state index in [1.165, 1.54) is 64.2 Å². The normalized spacial score (nSPS) is 12.7. The predicted molar refractivity (Wildman–Crippen MR) is 115 cm³/mol. The van der Waals surface area contributed by atoms with Crippen molar-refractivity contribution in [3.63, 3.8) is 0 Å². The van der Waals surface area contributed by atoms with E-state index in [1.54, 1.807) is 0 Å². The van der Waals surface area contributed by atoms with Gasteiger partial charge >= 0.3 is 17.1 Å². The zero-order valence-electron chi connectivity index (χ0n) is 18.1. The Morgan fingerprint density at radius 2 is 0.800 bits per heavy atom. The molecular weight excluding hydrogens is 344 g/mol. The summed E-state index contributed by atoms with van der Waals surface area (Å²) in [7, 11) is -4.13. The molecule has 3 nitrogen and oxygen atoms in total. The molecule has 0 saturated carbocycles. The molecule has 0 fully saturated rings. The number of hydrogen-bond donors (Lipinski definition) is 0. The van der Waals surface area contributed by atoms with Gasteiger partial charge in [-0.2, -0.15) is 0 Å². The molecule has 0 aromatic rings. The highest BCUT2D eigenvalue weighted by molar-refractivity contribution is 6.78. The molecule has 5 heteroatoms. The van der Waals surface area contributed by atoms with Crippen molar-refractivity contribution >= 4 is 17.1 Å². The van der Waals surface area contributed by atoms with Gasteiger partial charge in [-0.25, -0.2) is 0 Å². The lowest BCUT2D eigenvalue weighted by molar-refractivity contribution is 0.190. The molecule has 25 heavy (non-hydrogen) atoms. The van der Waals surface area contributed by atoms with Crippen LogP contribution in [0.5, 0.6) is 0 Å². The minimum atomic E-state index is -2.06. The average Bonchev–Trinajstić information content (AvgIpc) is 2.52. The molecule has 0 aliphatic carbocycles. The summed E-state index contributed by atoms with van der Waals surface area (Å²) in [4.78, 5) is 0. The number of rotatable bonds is 18. The van der Waals surface area contributed by atoms with Crippen LogP contribution < -0.4 is 0 Å². The molecule has 0 saturated heterocycles. The molecule has 0 radical (unpaired) electrons. The summed E-state index contributed by atoms with van der Waals surface area (Å²) in [6.07, 6.45) is 15.6. The Hall–Kier alpha value is 0.314. The van der Waals surface area contributed by atoms with Crippen molar-refractivity contribution < 1.29 is 13.0 Å². The van der Waals surface area contributed by atoms with E-state index in [0.717, 1.165) is 26.1 Å². The van der Waals surface area contributed by atoms with Gasteiger partial charge in [0.15, 0.2) is 0 Å². The zero-order valence-corrected chi connectivity index (χ0v) is 20.1. The van der Waals surface area contributed by atoms with Crippen molar-refractivity contribution in [2.45, 2.75) is 117 Å². The second-order valence-corrected chi connectivity index (χ2v) is 15.1. The van der Waals surface area contributed by atoms with E-state index in [0.29, 0.717) is 0 Å². The van der Waals surface area contributed by atoms with Crippen LogP contribution in [-0.2, 0) is 13.0 Å². The molecule has 0 N–H and O–H groups in total. The second kappa shape index (κ2) is 15.4. The minimum Gasteiger partial charge on any atom is -0.415 e. The molecule has 0 amide bonds. The van der Waals surface area contributed by atoms with Crippen LogP contribution in [0, 0.1) is 0 Å². The van der Waals surface area contributed by atoms with Gasteiger partial charge in [-0.15, -0.1) is 0 Å². The first kappa shape index (κ1) is 25.3. The van der Waals surface area contributed by atoms with Crippen LogP contribution in [0.4, 0.5) is 0 Å². The fraction of sp³-hybridized carbons (Fsp3) is 1.00. The number of unbranched alkanes of at least 4 members (excludes halogenated alkanes) is 10. The van der Waals surface area contributed by atoms with E-state index in [9.17, 15) is 0 Å². The monoisotopic (exact) mass is 390 g/mol. The molecule has 0 spiro atoms. The van der Waals surface area contributed by atoms with Crippen molar-refractivity contribution in [1.82, 2.24) is 0 Å². The molecule has 0 aliphatic rings. The standard InChI is InChI=1S/C20H46O3Si2/c1-7-9-11-13-15-17-19-21-24(3,4)23-25(5,6)22-20-18-16-14-12-10-8-2/h7-20H2,1-6H3. The highest BCUT2D eigenvalue weighted by atomic mass is 28.5. The minimum absolute atomic E-state index is 0.841. The molecule has 0 unspecified atom stereocenters. The van der Waals surface area contributed by atoms with Gasteiger partial charge in [0.1, 0.15) is 0 Å². The largest absolute Gasteiger partial charge is 0.415 e. The summed E-state index contributed by atoms with van der Waals surface area (Å²) in [6, 6.07) is 0. The van der Waals surface area contributed by atoms with Gasteiger partial charge < -0.3 is 13.0 Å². The van der Waals surface area contributed by atoms with Crippen LogP contribution in [-0.4, -0.2) is 30.3 Å². The van der Waals surface area contributed by atoms with E-state index in [1.807, 2.05) is 0 Å². The van der Waals surface area contributed by atoms with Crippen LogP contribution in [0.1, 0.15) is 90.9 Å². The van der Waals surface area contributed by atoms with Gasteiger partial charge in [0, 0.05) is 13.2 Å². The summed E-state index contributed by atoms with van der Waals surface area (Å²) in [5.41, 5.74) is 0. The van der Waals surface area contributed by atoms with Gasteiger partial charge in [0.05, 0.1) is 0 Å². The fourth-order valence-corrected chi connectivity index (χ4v) is 9.53. The van der Waals surface area contributed by atoms with E-state index in [-0.39, 0.29) is 0 Å². The van der Waals surface area contributed by atoms with Crippen LogP contribution in [0.3, 0.4) is 0 Å². The van der Waals surface area contributed by atoms with Crippen LogP contribution in [0.15, 0.2) is 0 Å². The molecule has 0 atom stereocenters. The maximum atomic E-state index is 6.35. The van der Waals surface area contributed by atoms with Crippen molar-refractivity contribution in [3.8, 4) is 0 Å². The van der Waals surface area contributed by atoms with Crippen molar-refractivity contribution in [3.05, 3.63) is 0 Å². The Morgan fingerprint density at radius 1 is 0.480 bits per heavy atom. The molecular formula is C20H46O3Si2. The SMILES string of the molecule is CCCCCCCCO[Si](C)(C)O[Si](C)(C)OCCCCCCCC. The van der Waals surface area contributed by atoms with Crippen LogP contribution >= 0.6 is 0 Å². The maximum Gasteiger partial charge on any atom is 0.322 e. The lowest BCUT2D eigenvalue weighted by Gasteiger charge is -2.32. The molecule has 0 aromatic heterocycles. The van der Waals surface area contributed by atoms with Crippen molar-refractivity contribution in [1.29, 1.82) is 0 Å². The lowest BCUT2D eigenvalue weighted by Crippen LogP contribution is -2.48. The van der Waals surface area contributed by atoms with Gasteiger partial charge in [0.2, 0.25) is 0 Å². The summed E-state index contributed by atoms with van der Waals surface area (Å²) < 4.78 is 18.6. The first-order valence-electron chi connectivity index (χ1n) is 10.8. The third kappa shape index (κ3) is 17.5. The van der Waals surface area contributed by atoms with Crippen molar-refractivity contribution in [2.24, 2.45) is 0 Å². The molecule has 0 aromatic carbocycles. The number of hydrogen-bond acceptors (Lipinski definition) is 3. The lowest BCUT2D eigenvalue weighted by atomic mass is 10.1. The van der Waals surface area contributed by atoms with Gasteiger partial charge in [-0.05, 0) is 39.0 Å². The Morgan fingerprint density at radius 3 is 1.16 bits per heavy atom. The van der Waals surface area contributed by atoms with E-state index < -0.39 is 17.1 Å². The third-order valence-electron chi connectivity index (χ3n) is 4.39. The highest BCUT2D eigenvalue weighted by Crippen LogP contribution is 2.18. The Balaban J connectivity index is 3.77. The van der Waals surface area contributed by atoms with Gasteiger partial charge in [0.25, 0.3) is 0 Å². The van der Waals surface area contributed by atoms with Crippen LogP contribution in [0.25, 0.3) is 0 Å². The summed E-state index contributed by atoms with van der Waals surface area (Å²) in [5, 5.41) is 0. The zero-order chi connectivity index (χ0) is 19.0. The van der Waals surface area contributed by atoms with Crippen molar-refractivity contribution in [2.75, 3.05) is 13.2 Å². The van der Waals surface area contributed by atoms with E-state index >= 15 is 0 Å². The molecule has 0 bridgehead atoms. The highest BCUT2D eigenvalue weighted by Gasteiger charge is 2.36. The second-order valence-electron chi connectivity index (χ2n) is 8.13. The molecule has 0 heterocycles. The Kier molecular flexibility index (Phi) is 15.6. The first-order valence-corrected chi connectivity index (χ1v) is 16.4. The molecule has 0 rings (SSSR count). The van der Waals surface area contributed by atoms with Gasteiger partial charge in [-0.1, -0.05) is 78.1 Å². The smallest absolute Gasteiger partial charge is 0.322 e. The fourth-order valence-electron chi connectivity index (χ4n) is 3.05. The predicted octanol–water partition coefficient (Wildman–Crippen LogP) is 7.16. The quantitative estimate of drug-likeness (QED) is 0.183.